The Balaban J connectivity index is 2.75. The molecule has 0 radical (unpaired) electrons. The minimum atomic E-state index is -1.01. The van der Waals surface area contributed by atoms with Crippen molar-refractivity contribution in [2.45, 2.75) is 65.0 Å². The summed E-state index contributed by atoms with van der Waals surface area (Å²) in [5.74, 6) is -2.70. The molecule has 2 rings (SSSR count). The van der Waals surface area contributed by atoms with Crippen LogP contribution in [0.15, 0.2) is 63.2 Å². The number of aliphatic hydroxyl groups excluding tert-OH is 1. The molecule has 0 aromatic rings. The Kier molecular flexibility index (Phi) is 13.9. The number of Topliss-reactive ketones (excluding diaryl/α,β-unsaturated/α-hetero) is 2. The largest absolute Gasteiger partial charge is 0.492 e. The van der Waals surface area contributed by atoms with Gasteiger partial charge in [0.2, 0.25) is 11.6 Å². The van der Waals surface area contributed by atoms with E-state index in [0.29, 0.717) is 12.0 Å². The number of amides is 2. The summed E-state index contributed by atoms with van der Waals surface area (Å²) in [5, 5.41) is 19.4. The topological polar surface area (TPSA) is 179 Å². The van der Waals surface area contributed by atoms with Gasteiger partial charge in [-0.1, -0.05) is 38.2 Å². The van der Waals surface area contributed by atoms with Crippen molar-refractivity contribution in [1.82, 2.24) is 10.3 Å². The molecule has 1 heterocycles. The molecule has 0 saturated heterocycles. The van der Waals surface area contributed by atoms with Crippen LogP contribution in [0.25, 0.3) is 0 Å². The van der Waals surface area contributed by atoms with Gasteiger partial charge >= 0.3 is 6.09 Å². The van der Waals surface area contributed by atoms with Crippen molar-refractivity contribution >= 4 is 29.8 Å². The van der Waals surface area contributed by atoms with Crippen LogP contribution in [0.5, 0.6) is 0 Å². The van der Waals surface area contributed by atoms with Crippen LogP contribution in [-0.4, -0.2) is 99.7 Å². The van der Waals surface area contributed by atoms with Gasteiger partial charge in [-0.2, -0.15) is 5.10 Å². The van der Waals surface area contributed by atoms with E-state index in [1.54, 1.807) is 40.1 Å². The Bertz CT molecular complexity index is 1330. The SMILES string of the molecule is COC1=C2CC(C)CC(OC)C(O)C(C)/C=C(\C)C(OC(N)=O)C(OC)/C=C/C=C(/C)C(=O)NC(=C(/C=N/N(C)C)C1=O)C2=O. The average Bonchev–Trinajstić information content (AvgIpc) is 2.98. The molecular formula is C32H46N4O9. The number of methoxy groups -OCH3 is 3. The number of carbonyl (C=O) groups is 4. The standard InChI is InChI=1S/C32H46N4O9/c1-17-13-21-27(38)25(22(16-34-36(5)6)28(39)30(21)44-9)35-31(40)18(2)11-10-12-23(42-7)29(45-32(33)41)20(4)15-19(3)26(37)24(14-17)43-8/h10-12,15-17,19,23-24,26,29,37H,13-14H2,1-9H3,(H2,33,41)(H,35,40)/b12-10+,18-11-,20-15+,34-16+. The van der Waals surface area contributed by atoms with Crippen LogP contribution < -0.4 is 11.1 Å². The number of rotatable bonds is 6. The van der Waals surface area contributed by atoms with Gasteiger partial charge in [0, 0.05) is 45.4 Å². The number of nitrogens with zero attached hydrogens (tertiary/aromatic N) is 2. The van der Waals surface area contributed by atoms with E-state index >= 15 is 0 Å². The van der Waals surface area contributed by atoms with E-state index in [1.165, 1.54) is 51.6 Å². The van der Waals surface area contributed by atoms with Crippen LogP contribution in [0.4, 0.5) is 4.79 Å². The van der Waals surface area contributed by atoms with Crippen LogP contribution in [0.1, 0.15) is 40.5 Å². The van der Waals surface area contributed by atoms with Gasteiger partial charge in [0.1, 0.15) is 11.8 Å². The highest BCUT2D eigenvalue weighted by molar-refractivity contribution is 6.32. The van der Waals surface area contributed by atoms with Crippen molar-refractivity contribution in [1.29, 1.82) is 0 Å². The molecule has 0 saturated carbocycles. The highest BCUT2D eigenvalue weighted by atomic mass is 16.6. The lowest BCUT2D eigenvalue weighted by Crippen LogP contribution is -2.38. The van der Waals surface area contributed by atoms with Gasteiger partial charge in [-0.05, 0) is 38.2 Å². The summed E-state index contributed by atoms with van der Waals surface area (Å²) in [5.41, 5.74) is 5.87. The molecule has 1 aliphatic heterocycles. The maximum Gasteiger partial charge on any atom is 0.405 e. The van der Waals surface area contributed by atoms with Crippen molar-refractivity contribution in [3.8, 4) is 0 Å². The third-order valence-electron chi connectivity index (χ3n) is 7.56. The Morgan fingerprint density at radius 3 is 2.33 bits per heavy atom. The van der Waals surface area contributed by atoms with E-state index in [-0.39, 0.29) is 40.5 Å². The molecule has 13 nitrogen and oxygen atoms in total. The summed E-state index contributed by atoms with van der Waals surface area (Å²) < 4.78 is 22.0. The zero-order valence-corrected chi connectivity index (χ0v) is 27.5. The molecule has 13 heteroatoms. The third-order valence-corrected chi connectivity index (χ3v) is 7.56. The summed E-state index contributed by atoms with van der Waals surface area (Å²) in [4.78, 5) is 52.6. The van der Waals surface area contributed by atoms with Gasteiger partial charge in [0.15, 0.2) is 11.9 Å². The molecule has 6 atom stereocenters. The minimum Gasteiger partial charge on any atom is -0.492 e. The zero-order valence-electron chi connectivity index (χ0n) is 27.5. The number of hydrogen-bond donors (Lipinski definition) is 3. The molecule has 0 aromatic heterocycles. The van der Waals surface area contributed by atoms with Crippen molar-refractivity contribution < 1.29 is 43.2 Å². The van der Waals surface area contributed by atoms with Gasteiger partial charge in [-0.15, -0.1) is 0 Å². The van der Waals surface area contributed by atoms with Crippen LogP contribution in [-0.2, 0) is 33.3 Å². The van der Waals surface area contributed by atoms with Gasteiger partial charge in [-0.25, -0.2) is 4.79 Å². The predicted molar refractivity (Wildman–Crippen MR) is 168 cm³/mol. The predicted octanol–water partition coefficient (Wildman–Crippen LogP) is 2.33. The van der Waals surface area contributed by atoms with Crippen LogP contribution in [0.3, 0.4) is 0 Å². The third kappa shape index (κ3) is 9.71. The molecular weight excluding hydrogens is 584 g/mol. The highest BCUT2D eigenvalue weighted by Crippen LogP contribution is 2.31. The van der Waals surface area contributed by atoms with E-state index in [2.05, 4.69) is 10.4 Å². The molecule has 0 fully saturated rings. The van der Waals surface area contributed by atoms with E-state index in [0.717, 1.165) is 0 Å². The molecule has 45 heavy (non-hydrogen) atoms. The van der Waals surface area contributed by atoms with Crippen LogP contribution >= 0.6 is 0 Å². The fourth-order valence-corrected chi connectivity index (χ4v) is 5.17. The molecule has 1 aliphatic carbocycles. The fraction of sp³-hybridized carbons (Fsp3) is 0.531. The lowest BCUT2D eigenvalue weighted by atomic mass is 9.84. The number of ketones is 2. The van der Waals surface area contributed by atoms with E-state index in [9.17, 15) is 24.3 Å². The Morgan fingerprint density at radius 1 is 1.11 bits per heavy atom. The Labute approximate surface area is 264 Å². The quantitative estimate of drug-likeness (QED) is 0.171. The van der Waals surface area contributed by atoms with Crippen molar-refractivity contribution in [2.24, 2.45) is 22.7 Å². The second-order valence-electron chi connectivity index (χ2n) is 11.4. The molecule has 2 aliphatic rings. The zero-order chi connectivity index (χ0) is 34.0. The van der Waals surface area contributed by atoms with Gasteiger partial charge in [0.25, 0.3) is 5.91 Å². The lowest BCUT2D eigenvalue weighted by Gasteiger charge is -2.30. The molecule has 0 aromatic carbocycles. The van der Waals surface area contributed by atoms with Crippen LogP contribution in [0, 0.1) is 11.8 Å². The first kappa shape index (κ1) is 37.1. The monoisotopic (exact) mass is 630 g/mol. The number of aliphatic hydroxyl groups is 1. The molecule has 248 valence electrons. The summed E-state index contributed by atoms with van der Waals surface area (Å²) in [6, 6.07) is 0. The maximum atomic E-state index is 13.9. The summed E-state index contributed by atoms with van der Waals surface area (Å²) in [6.07, 6.45) is 3.55. The molecule has 2 bridgehead atoms. The number of primary amides is 1. The smallest absolute Gasteiger partial charge is 0.405 e. The second kappa shape index (κ2) is 16.8. The summed E-state index contributed by atoms with van der Waals surface area (Å²) >= 11 is 0. The van der Waals surface area contributed by atoms with Crippen LogP contribution in [0.2, 0.25) is 0 Å². The number of allylic oxidation sites excluding steroid dienone is 4. The average molecular weight is 631 g/mol. The van der Waals surface area contributed by atoms with E-state index < -0.39 is 53.9 Å². The number of fused-ring (bicyclic) bond motifs is 2. The number of nitrogens with two attached hydrogens (primary N) is 1. The Morgan fingerprint density at radius 2 is 1.78 bits per heavy atom. The van der Waals surface area contributed by atoms with Gasteiger partial charge in [-0.3, -0.25) is 14.4 Å². The second-order valence-corrected chi connectivity index (χ2v) is 11.4. The maximum absolute atomic E-state index is 13.9. The van der Waals surface area contributed by atoms with Gasteiger partial charge in [0.05, 0.1) is 31.1 Å². The lowest BCUT2D eigenvalue weighted by molar-refractivity contribution is -0.121. The minimum absolute atomic E-state index is 0.0919. The Hall–Kier alpha value is -4.07. The number of hydrazone groups is 1. The first-order chi connectivity index (χ1) is 21.2. The molecule has 4 N–H and O–H groups in total. The van der Waals surface area contributed by atoms with Crippen molar-refractivity contribution in [3.63, 3.8) is 0 Å². The number of carbonyl (C=O) groups excluding carboxylic acids is 4. The molecule has 0 spiro atoms. The number of ether oxygens (including phenoxy) is 4. The summed E-state index contributed by atoms with van der Waals surface area (Å²) in [6.45, 7) is 6.90. The fourth-order valence-electron chi connectivity index (χ4n) is 5.17. The summed E-state index contributed by atoms with van der Waals surface area (Å²) in [7, 11) is 7.49. The molecule has 2 amide bonds. The number of nitrogens with one attached hydrogen (secondary N) is 1. The van der Waals surface area contributed by atoms with E-state index in [4.69, 9.17) is 24.7 Å². The van der Waals surface area contributed by atoms with Crippen molar-refractivity contribution in [3.05, 3.63) is 58.1 Å². The highest BCUT2D eigenvalue weighted by Gasteiger charge is 2.37. The van der Waals surface area contributed by atoms with Crippen molar-refractivity contribution in [2.75, 3.05) is 35.4 Å². The first-order valence-electron chi connectivity index (χ1n) is 14.5. The molecule has 6 unspecified atom stereocenters. The van der Waals surface area contributed by atoms with E-state index in [1.807, 2.05) is 6.92 Å². The van der Waals surface area contributed by atoms with Gasteiger partial charge < -0.3 is 40.1 Å². The first-order valence-corrected chi connectivity index (χ1v) is 14.5. The normalized spacial score (nSPS) is 30.8. The number of hydrogen-bond acceptors (Lipinski definition) is 11.